The van der Waals surface area contributed by atoms with Crippen LogP contribution < -0.4 is 10.1 Å². The van der Waals surface area contributed by atoms with E-state index in [0.29, 0.717) is 12.0 Å². The number of carbonyl (C=O) groups is 1. The van der Waals surface area contributed by atoms with E-state index in [2.05, 4.69) is 24.4 Å². The maximum absolute atomic E-state index is 11.4. The van der Waals surface area contributed by atoms with Crippen molar-refractivity contribution in [3.05, 3.63) is 35.9 Å². The van der Waals surface area contributed by atoms with Gasteiger partial charge in [-0.2, -0.15) is 0 Å². The van der Waals surface area contributed by atoms with Crippen LogP contribution in [0.1, 0.15) is 25.8 Å². The number of nitrogens with one attached hydrogen (secondary N) is 1. The second kappa shape index (κ2) is 7.99. The van der Waals surface area contributed by atoms with E-state index < -0.39 is 0 Å². The number of ether oxygens (including phenoxy) is 1. The van der Waals surface area contributed by atoms with Gasteiger partial charge in [0.05, 0.1) is 7.11 Å². The molecule has 4 nitrogen and oxygen atoms in total. The minimum Gasteiger partial charge on any atom is -0.496 e. The first kappa shape index (κ1) is 16.6. The highest BCUT2D eigenvalue weighted by Crippen LogP contribution is 2.19. The van der Waals surface area contributed by atoms with Crippen molar-refractivity contribution in [3.8, 4) is 5.75 Å². The van der Waals surface area contributed by atoms with Crippen LogP contribution in [0.4, 0.5) is 0 Å². The summed E-state index contributed by atoms with van der Waals surface area (Å²) in [5.74, 6) is 1.56. The lowest BCUT2D eigenvalue weighted by Crippen LogP contribution is -2.49. The van der Waals surface area contributed by atoms with E-state index in [-0.39, 0.29) is 5.91 Å². The predicted molar refractivity (Wildman–Crippen MR) is 89.9 cm³/mol. The summed E-state index contributed by atoms with van der Waals surface area (Å²) in [6.07, 6.45) is 5.23. The summed E-state index contributed by atoms with van der Waals surface area (Å²) in [5.41, 5.74) is 1.09. The first-order valence-corrected chi connectivity index (χ1v) is 7.90. The van der Waals surface area contributed by atoms with E-state index >= 15 is 0 Å². The second-order valence-electron chi connectivity index (χ2n) is 5.89. The van der Waals surface area contributed by atoms with Gasteiger partial charge in [-0.1, -0.05) is 37.3 Å². The number of hydrogen-bond donors (Lipinski definition) is 1. The van der Waals surface area contributed by atoms with Crippen molar-refractivity contribution < 1.29 is 9.53 Å². The maximum Gasteiger partial charge on any atom is 0.219 e. The van der Waals surface area contributed by atoms with Crippen molar-refractivity contribution in [2.24, 2.45) is 5.92 Å². The van der Waals surface area contributed by atoms with Gasteiger partial charge in [0.25, 0.3) is 0 Å². The minimum atomic E-state index is 0.182. The van der Waals surface area contributed by atoms with Crippen molar-refractivity contribution in [3.63, 3.8) is 0 Å². The number of carbonyl (C=O) groups excluding carboxylic acids is 1. The number of amides is 1. The Hall–Kier alpha value is -1.81. The van der Waals surface area contributed by atoms with E-state index in [4.69, 9.17) is 4.74 Å². The molecule has 4 heteroatoms. The van der Waals surface area contributed by atoms with Crippen molar-refractivity contribution >= 4 is 12.0 Å². The molecule has 0 bridgehead atoms. The molecule has 1 fully saturated rings. The summed E-state index contributed by atoms with van der Waals surface area (Å²) in [6, 6.07) is 8.46. The summed E-state index contributed by atoms with van der Waals surface area (Å²) in [4.78, 5) is 13.3. The highest BCUT2D eigenvalue weighted by molar-refractivity contribution is 5.73. The molecule has 0 spiro atoms. The molecule has 1 aromatic carbocycles. The Morgan fingerprint density at radius 3 is 2.91 bits per heavy atom. The molecule has 1 N–H and O–H groups in total. The molecule has 1 aliphatic rings. The van der Waals surface area contributed by atoms with Crippen LogP contribution in [0.25, 0.3) is 6.08 Å². The molecule has 0 radical (unpaired) electrons. The highest BCUT2D eigenvalue weighted by Gasteiger charge is 2.26. The monoisotopic (exact) mass is 302 g/mol. The standard InChI is InChI=1S/C18H26N2O2/c1-14-13-20(15(2)21)12-10-17(14)19-11-6-8-16-7-4-5-9-18(16)22-3/h4-9,14,17,19H,10-13H2,1-3H3. The fourth-order valence-corrected chi connectivity index (χ4v) is 2.94. The number of likely N-dealkylation sites (tertiary alicyclic amines) is 1. The number of benzene rings is 1. The van der Waals surface area contributed by atoms with Gasteiger partial charge in [-0.3, -0.25) is 4.79 Å². The molecule has 0 saturated carbocycles. The topological polar surface area (TPSA) is 41.6 Å². The van der Waals surface area contributed by atoms with Crippen LogP contribution >= 0.6 is 0 Å². The van der Waals surface area contributed by atoms with Gasteiger partial charge in [0, 0.05) is 38.2 Å². The summed E-state index contributed by atoms with van der Waals surface area (Å²) in [7, 11) is 1.69. The second-order valence-corrected chi connectivity index (χ2v) is 5.89. The van der Waals surface area contributed by atoms with E-state index in [1.807, 2.05) is 29.2 Å². The molecule has 120 valence electrons. The first-order chi connectivity index (χ1) is 10.6. The minimum absolute atomic E-state index is 0.182. The van der Waals surface area contributed by atoms with Crippen molar-refractivity contribution in [1.82, 2.24) is 10.2 Å². The Bertz CT molecular complexity index is 528. The lowest BCUT2D eigenvalue weighted by Gasteiger charge is -2.36. The number of piperidine rings is 1. The molecule has 1 heterocycles. The number of para-hydroxylation sites is 1. The van der Waals surface area contributed by atoms with Crippen LogP contribution in [0, 0.1) is 5.92 Å². The number of rotatable bonds is 5. The van der Waals surface area contributed by atoms with Crippen LogP contribution in [0.3, 0.4) is 0 Å². The van der Waals surface area contributed by atoms with Gasteiger partial charge in [0.2, 0.25) is 5.91 Å². The maximum atomic E-state index is 11.4. The number of nitrogens with zero attached hydrogens (tertiary/aromatic N) is 1. The molecule has 1 amide bonds. The van der Waals surface area contributed by atoms with Crippen LogP contribution in [-0.2, 0) is 4.79 Å². The molecule has 0 aromatic heterocycles. The summed E-state index contributed by atoms with van der Waals surface area (Å²) in [6.45, 7) is 6.39. The van der Waals surface area contributed by atoms with Gasteiger partial charge in [0.1, 0.15) is 5.75 Å². The Morgan fingerprint density at radius 2 is 2.23 bits per heavy atom. The van der Waals surface area contributed by atoms with E-state index in [1.165, 1.54) is 0 Å². The third-order valence-corrected chi connectivity index (χ3v) is 4.28. The lowest BCUT2D eigenvalue weighted by atomic mass is 9.94. The molecule has 2 rings (SSSR count). The zero-order chi connectivity index (χ0) is 15.9. The first-order valence-electron chi connectivity index (χ1n) is 7.90. The highest BCUT2D eigenvalue weighted by atomic mass is 16.5. The molecular weight excluding hydrogens is 276 g/mol. The molecule has 2 atom stereocenters. The van der Waals surface area contributed by atoms with Gasteiger partial charge in [-0.25, -0.2) is 0 Å². The quantitative estimate of drug-likeness (QED) is 0.909. The van der Waals surface area contributed by atoms with E-state index in [1.54, 1.807) is 14.0 Å². The molecule has 1 saturated heterocycles. The molecular formula is C18H26N2O2. The lowest BCUT2D eigenvalue weighted by molar-refractivity contribution is -0.130. The Balaban J connectivity index is 1.81. The molecule has 2 unspecified atom stereocenters. The normalized spacial score (nSPS) is 22.0. The van der Waals surface area contributed by atoms with Crippen molar-refractivity contribution in [1.29, 1.82) is 0 Å². The van der Waals surface area contributed by atoms with Crippen LogP contribution in [-0.4, -0.2) is 43.6 Å². The Morgan fingerprint density at radius 1 is 1.45 bits per heavy atom. The van der Waals surface area contributed by atoms with Gasteiger partial charge < -0.3 is 15.0 Å². The third-order valence-electron chi connectivity index (χ3n) is 4.28. The molecule has 0 aliphatic carbocycles. The SMILES string of the molecule is COc1ccccc1C=CCNC1CCN(C(C)=O)CC1C. The van der Waals surface area contributed by atoms with Crippen LogP contribution in [0.2, 0.25) is 0 Å². The van der Waals surface area contributed by atoms with Gasteiger partial charge in [-0.05, 0) is 18.4 Å². The fourth-order valence-electron chi connectivity index (χ4n) is 2.94. The Labute approximate surface area is 133 Å². The largest absolute Gasteiger partial charge is 0.496 e. The van der Waals surface area contributed by atoms with Crippen molar-refractivity contribution in [2.75, 3.05) is 26.7 Å². The van der Waals surface area contributed by atoms with E-state index in [9.17, 15) is 4.79 Å². The predicted octanol–water partition coefficient (Wildman–Crippen LogP) is 2.55. The number of hydrogen-bond acceptors (Lipinski definition) is 3. The zero-order valence-corrected chi connectivity index (χ0v) is 13.7. The van der Waals surface area contributed by atoms with Crippen LogP contribution in [0.15, 0.2) is 30.3 Å². The van der Waals surface area contributed by atoms with Gasteiger partial charge in [0.15, 0.2) is 0 Å². The molecule has 1 aromatic rings. The van der Waals surface area contributed by atoms with Crippen molar-refractivity contribution in [2.45, 2.75) is 26.3 Å². The fraction of sp³-hybridized carbons (Fsp3) is 0.500. The summed E-state index contributed by atoms with van der Waals surface area (Å²) >= 11 is 0. The summed E-state index contributed by atoms with van der Waals surface area (Å²) in [5, 5.41) is 3.57. The Kier molecular flexibility index (Phi) is 6.01. The average molecular weight is 302 g/mol. The van der Waals surface area contributed by atoms with E-state index in [0.717, 1.165) is 37.4 Å². The zero-order valence-electron chi connectivity index (χ0n) is 13.7. The molecule has 22 heavy (non-hydrogen) atoms. The summed E-state index contributed by atoms with van der Waals surface area (Å²) < 4.78 is 5.33. The third kappa shape index (κ3) is 4.34. The van der Waals surface area contributed by atoms with Gasteiger partial charge in [-0.15, -0.1) is 0 Å². The average Bonchev–Trinajstić information content (AvgIpc) is 2.52. The smallest absolute Gasteiger partial charge is 0.219 e. The van der Waals surface area contributed by atoms with Crippen LogP contribution in [0.5, 0.6) is 5.75 Å². The molecule has 1 aliphatic heterocycles. The number of methoxy groups -OCH3 is 1. The van der Waals surface area contributed by atoms with Gasteiger partial charge >= 0.3 is 0 Å².